The second-order valence-corrected chi connectivity index (χ2v) is 7.09. The van der Waals surface area contributed by atoms with Crippen molar-refractivity contribution >= 4 is 6.03 Å². The third-order valence-electron chi connectivity index (χ3n) is 5.29. The molecule has 2 N–H and O–H groups in total. The van der Waals surface area contributed by atoms with E-state index in [0.717, 1.165) is 35.6 Å². The van der Waals surface area contributed by atoms with E-state index in [1.807, 2.05) is 46.1 Å². The molecule has 6 heteroatoms. The van der Waals surface area contributed by atoms with Crippen molar-refractivity contribution in [2.24, 2.45) is 0 Å². The molecule has 3 aromatic rings. The zero-order valence-electron chi connectivity index (χ0n) is 15.0. The average molecular weight is 359 g/mol. The molecule has 2 amide bonds. The monoisotopic (exact) mass is 359 g/mol. The number of nitrogens with zero attached hydrogens (tertiary/aromatic N) is 3. The second-order valence-electron chi connectivity index (χ2n) is 7.09. The number of amides is 2. The molecule has 6 nitrogen and oxygen atoms in total. The van der Waals surface area contributed by atoms with Gasteiger partial charge in [-0.2, -0.15) is 5.10 Å². The average Bonchev–Trinajstić information content (AvgIpc) is 3.41. The molecule has 5 rings (SSSR count). The standard InChI is InChI=1S/C21H21N5O/c27-21(23-9-15-6-7-16-10-22-11-17(16)8-15)25-13-18-12-24-26(20(18)14-25)19-4-2-1-3-5-19/h1-8,12,22H,9-11,13-14H2,(H,23,27). The van der Waals surface area contributed by atoms with Gasteiger partial charge in [0.2, 0.25) is 0 Å². The molecule has 2 aromatic carbocycles. The normalized spacial score (nSPS) is 14.9. The summed E-state index contributed by atoms with van der Waals surface area (Å²) in [5.41, 5.74) is 7.03. The maximum absolute atomic E-state index is 12.6. The van der Waals surface area contributed by atoms with Crippen LogP contribution in [-0.4, -0.2) is 20.7 Å². The predicted molar refractivity (Wildman–Crippen MR) is 102 cm³/mol. The number of nitrogens with one attached hydrogen (secondary N) is 2. The summed E-state index contributed by atoms with van der Waals surface area (Å²) in [6.07, 6.45) is 1.86. The summed E-state index contributed by atoms with van der Waals surface area (Å²) < 4.78 is 1.93. The van der Waals surface area contributed by atoms with Gasteiger partial charge in [-0.05, 0) is 28.8 Å². The van der Waals surface area contributed by atoms with Crippen molar-refractivity contribution in [1.82, 2.24) is 25.3 Å². The summed E-state index contributed by atoms with van der Waals surface area (Å²) in [5.74, 6) is 0. The van der Waals surface area contributed by atoms with Crippen LogP contribution in [0.2, 0.25) is 0 Å². The lowest BCUT2D eigenvalue weighted by molar-refractivity contribution is 0.197. The van der Waals surface area contributed by atoms with E-state index in [0.29, 0.717) is 19.6 Å². The van der Waals surface area contributed by atoms with E-state index in [9.17, 15) is 4.79 Å². The summed E-state index contributed by atoms with van der Waals surface area (Å²) in [6, 6.07) is 16.4. The first-order valence-corrected chi connectivity index (χ1v) is 9.23. The van der Waals surface area contributed by atoms with E-state index in [1.165, 1.54) is 11.1 Å². The summed E-state index contributed by atoms with van der Waals surface area (Å²) in [4.78, 5) is 14.5. The lowest BCUT2D eigenvalue weighted by atomic mass is 10.1. The molecule has 2 aliphatic rings. The van der Waals surface area contributed by atoms with Crippen LogP contribution in [0.4, 0.5) is 4.79 Å². The first-order valence-electron chi connectivity index (χ1n) is 9.23. The van der Waals surface area contributed by atoms with Crippen LogP contribution in [0.1, 0.15) is 27.9 Å². The molecule has 0 bridgehead atoms. The molecule has 0 aliphatic carbocycles. The van der Waals surface area contributed by atoms with E-state index in [2.05, 4.69) is 33.9 Å². The quantitative estimate of drug-likeness (QED) is 0.756. The molecule has 0 atom stereocenters. The molecule has 0 saturated carbocycles. The van der Waals surface area contributed by atoms with Crippen LogP contribution >= 0.6 is 0 Å². The van der Waals surface area contributed by atoms with Gasteiger partial charge in [-0.1, -0.05) is 36.4 Å². The molecule has 0 saturated heterocycles. The van der Waals surface area contributed by atoms with Gasteiger partial charge in [0.25, 0.3) is 0 Å². The van der Waals surface area contributed by atoms with Crippen molar-refractivity contribution in [3.05, 3.63) is 82.7 Å². The summed E-state index contributed by atoms with van der Waals surface area (Å²) in [6.45, 7) is 3.57. The van der Waals surface area contributed by atoms with Crippen molar-refractivity contribution in [2.45, 2.75) is 32.7 Å². The summed E-state index contributed by atoms with van der Waals surface area (Å²) in [7, 11) is 0. The number of urea groups is 1. The number of rotatable bonds is 3. The van der Waals surface area contributed by atoms with Crippen molar-refractivity contribution in [2.75, 3.05) is 0 Å². The first kappa shape index (κ1) is 16.1. The minimum Gasteiger partial charge on any atom is -0.334 e. The lowest BCUT2D eigenvalue weighted by Gasteiger charge is -2.17. The Kier molecular flexibility index (Phi) is 3.90. The van der Waals surface area contributed by atoms with Crippen LogP contribution in [0, 0.1) is 0 Å². The van der Waals surface area contributed by atoms with E-state index in [4.69, 9.17) is 0 Å². The largest absolute Gasteiger partial charge is 0.334 e. The van der Waals surface area contributed by atoms with E-state index >= 15 is 0 Å². The van der Waals surface area contributed by atoms with Crippen LogP contribution in [0.25, 0.3) is 5.69 Å². The Balaban J connectivity index is 1.25. The third kappa shape index (κ3) is 2.98. The van der Waals surface area contributed by atoms with Crippen LogP contribution in [-0.2, 0) is 32.7 Å². The Morgan fingerprint density at radius 3 is 2.78 bits per heavy atom. The lowest BCUT2D eigenvalue weighted by Crippen LogP contribution is -2.36. The van der Waals surface area contributed by atoms with E-state index in [1.54, 1.807) is 0 Å². The van der Waals surface area contributed by atoms with Gasteiger partial charge in [0.1, 0.15) is 0 Å². The van der Waals surface area contributed by atoms with Crippen LogP contribution in [0.15, 0.2) is 54.7 Å². The van der Waals surface area contributed by atoms with Crippen molar-refractivity contribution < 1.29 is 4.79 Å². The Morgan fingerprint density at radius 2 is 1.89 bits per heavy atom. The zero-order chi connectivity index (χ0) is 18.2. The SMILES string of the molecule is O=C(NCc1ccc2c(c1)CNC2)N1Cc2cnn(-c3ccccc3)c2C1. The Hall–Kier alpha value is -3.12. The number of carbonyl (C=O) groups excluding carboxylic acids is 1. The smallest absolute Gasteiger partial charge is 0.318 e. The molecular formula is C21H21N5O. The van der Waals surface area contributed by atoms with Gasteiger partial charge in [-0.15, -0.1) is 0 Å². The highest BCUT2D eigenvalue weighted by Gasteiger charge is 2.27. The maximum atomic E-state index is 12.6. The van der Waals surface area contributed by atoms with Gasteiger partial charge < -0.3 is 15.5 Å². The molecule has 2 aliphatic heterocycles. The van der Waals surface area contributed by atoms with Gasteiger partial charge >= 0.3 is 6.03 Å². The third-order valence-corrected chi connectivity index (χ3v) is 5.29. The highest BCUT2D eigenvalue weighted by atomic mass is 16.2. The molecule has 3 heterocycles. The fourth-order valence-electron chi connectivity index (χ4n) is 3.83. The number of benzene rings is 2. The number of fused-ring (bicyclic) bond motifs is 2. The molecule has 1 aromatic heterocycles. The number of carbonyl (C=O) groups is 1. The molecular weight excluding hydrogens is 338 g/mol. The minimum atomic E-state index is -0.0376. The molecule has 0 fully saturated rings. The Morgan fingerprint density at radius 1 is 1.04 bits per heavy atom. The van der Waals surface area contributed by atoms with Gasteiger partial charge in [-0.3, -0.25) is 0 Å². The fraction of sp³-hybridized carbons (Fsp3) is 0.238. The fourth-order valence-corrected chi connectivity index (χ4v) is 3.83. The van der Waals surface area contributed by atoms with E-state index in [-0.39, 0.29) is 6.03 Å². The highest BCUT2D eigenvalue weighted by Crippen LogP contribution is 2.25. The highest BCUT2D eigenvalue weighted by molar-refractivity contribution is 5.75. The van der Waals surface area contributed by atoms with Crippen molar-refractivity contribution in [3.63, 3.8) is 0 Å². The first-order chi connectivity index (χ1) is 13.3. The predicted octanol–water partition coefficient (Wildman–Crippen LogP) is 2.70. The molecule has 0 spiro atoms. The van der Waals surface area contributed by atoms with Gasteiger partial charge in [0, 0.05) is 25.2 Å². The molecule has 0 unspecified atom stereocenters. The van der Waals surface area contributed by atoms with Crippen molar-refractivity contribution in [3.8, 4) is 5.69 Å². The summed E-state index contributed by atoms with van der Waals surface area (Å²) in [5, 5.41) is 10.9. The van der Waals surface area contributed by atoms with E-state index < -0.39 is 0 Å². The van der Waals surface area contributed by atoms with Gasteiger partial charge in [0.05, 0.1) is 30.7 Å². The van der Waals surface area contributed by atoms with Crippen LogP contribution < -0.4 is 10.6 Å². The number of para-hydroxylation sites is 1. The van der Waals surface area contributed by atoms with Crippen molar-refractivity contribution in [1.29, 1.82) is 0 Å². The zero-order valence-corrected chi connectivity index (χ0v) is 15.0. The maximum Gasteiger partial charge on any atom is 0.318 e. The van der Waals surface area contributed by atoms with Gasteiger partial charge in [0.15, 0.2) is 0 Å². The number of aromatic nitrogens is 2. The minimum absolute atomic E-state index is 0.0376. The molecule has 27 heavy (non-hydrogen) atoms. The topological polar surface area (TPSA) is 62.2 Å². The number of hydrogen-bond donors (Lipinski definition) is 2. The van der Waals surface area contributed by atoms with Gasteiger partial charge in [-0.25, -0.2) is 9.48 Å². The van der Waals surface area contributed by atoms with Crippen LogP contribution in [0.3, 0.4) is 0 Å². The molecule has 0 radical (unpaired) electrons. The summed E-state index contributed by atoms with van der Waals surface area (Å²) >= 11 is 0. The second kappa shape index (κ2) is 6.55. The number of hydrogen-bond acceptors (Lipinski definition) is 3. The van der Waals surface area contributed by atoms with Crippen LogP contribution in [0.5, 0.6) is 0 Å². The Bertz CT molecular complexity index is 995. The Labute approximate surface area is 157 Å². The molecule has 136 valence electrons.